The van der Waals surface area contributed by atoms with Gasteiger partial charge in [0, 0.05) is 16.5 Å². The van der Waals surface area contributed by atoms with Gasteiger partial charge in [-0.1, -0.05) is 6.07 Å². The van der Waals surface area contributed by atoms with Crippen molar-refractivity contribution in [1.82, 2.24) is 0 Å². The van der Waals surface area contributed by atoms with Crippen molar-refractivity contribution in [2.24, 2.45) is 0 Å². The summed E-state index contributed by atoms with van der Waals surface area (Å²) in [6.07, 6.45) is 0. The van der Waals surface area contributed by atoms with E-state index in [1.54, 1.807) is 12.1 Å². The van der Waals surface area contributed by atoms with Gasteiger partial charge in [-0.15, -0.1) is 0 Å². The van der Waals surface area contributed by atoms with E-state index in [0.717, 1.165) is 5.41 Å². The number of carbonyl (C=O) groups excluding carboxylic acids is 1. The Morgan fingerprint density at radius 2 is 2.00 bits per heavy atom. The number of ketones is 1. The number of sulfone groups is 1. The largest absolute Gasteiger partial charge is 0.496 e. The Bertz CT molecular complexity index is 596. The van der Waals surface area contributed by atoms with E-state index in [1.807, 2.05) is 0 Å². The summed E-state index contributed by atoms with van der Waals surface area (Å²) in [5, 5.41) is 1.00. The van der Waals surface area contributed by atoms with Gasteiger partial charge >= 0.3 is 0 Å². The number of carbonyl (C=O) groups is 1. The highest BCUT2D eigenvalue weighted by atomic mass is 32.2. The van der Waals surface area contributed by atoms with Crippen LogP contribution in [0.25, 0.3) is 5.57 Å². The molecule has 1 aliphatic heterocycles. The van der Waals surface area contributed by atoms with Crippen molar-refractivity contribution >= 4 is 21.2 Å². The summed E-state index contributed by atoms with van der Waals surface area (Å²) in [5.74, 6) is 0.117. The molecule has 16 heavy (non-hydrogen) atoms. The highest BCUT2D eigenvalue weighted by Crippen LogP contribution is 2.39. The predicted octanol–water partition coefficient (Wildman–Crippen LogP) is 1.41. The predicted molar refractivity (Wildman–Crippen MR) is 58.8 cm³/mol. The van der Waals surface area contributed by atoms with E-state index in [1.165, 1.54) is 20.1 Å². The number of hydrogen-bond acceptors (Lipinski definition) is 4. The number of hydrogen-bond donors (Lipinski definition) is 0. The maximum absolute atomic E-state index is 11.8. The van der Waals surface area contributed by atoms with Crippen LogP contribution in [0.2, 0.25) is 0 Å². The van der Waals surface area contributed by atoms with Crippen molar-refractivity contribution < 1.29 is 17.9 Å². The van der Waals surface area contributed by atoms with Crippen LogP contribution in [0.15, 0.2) is 28.5 Å². The molecular formula is C11H10O4S. The average Bonchev–Trinajstić information content (AvgIpc) is 2.51. The summed E-state index contributed by atoms with van der Waals surface area (Å²) in [6.45, 7) is 1.34. The third-order valence-corrected chi connectivity index (χ3v) is 3.94. The summed E-state index contributed by atoms with van der Waals surface area (Å²) in [5.41, 5.74) is 0.560. The molecule has 0 bridgehead atoms. The van der Waals surface area contributed by atoms with E-state index in [-0.39, 0.29) is 16.3 Å². The van der Waals surface area contributed by atoms with Gasteiger partial charge in [0.1, 0.15) is 5.75 Å². The van der Waals surface area contributed by atoms with Crippen LogP contribution < -0.4 is 4.74 Å². The molecule has 0 saturated carbocycles. The zero-order valence-electron chi connectivity index (χ0n) is 8.85. The minimum absolute atomic E-state index is 0.136. The SMILES string of the molecule is COc1cccc2c1C(C(C)=O)=CS2(=O)=O. The first-order chi connectivity index (χ1) is 7.47. The molecule has 1 aromatic rings. The minimum Gasteiger partial charge on any atom is -0.496 e. The second-order valence-corrected chi connectivity index (χ2v) is 5.23. The van der Waals surface area contributed by atoms with Crippen LogP contribution >= 0.6 is 0 Å². The second kappa shape index (κ2) is 3.45. The van der Waals surface area contributed by atoms with Crippen LogP contribution in [0, 0.1) is 0 Å². The number of fused-ring (bicyclic) bond motifs is 1. The number of ether oxygens (including phenoxy) is 1. The highest BCUT2D eigenvalue weighted by molar-refractivity contribution is 7.95. The third kappa shape index (κ3) is 1.44. The summed E-state index contributed by atoms with van der Waals surface area (Å²) in [7, 11) is -2.05. The van der Waals surface area contributed by atoms with Crippen LogP contribution in [0.5, 0.6) is 5.75 Å². The normalized spacial score (nSPS) is 16.5. The molecule has 0 N–H and O–H groups in total. The Kier molecular flexibility index (Phi) is 2.35. The average molecular weight is 238 g/mol. The lowest BCUT2D eigenvalue weighted by atomic mass is 10.0. The molecule has 0 saturated heterocycles. The molecule has 0 unspecified atom stereocenters. The van der Waals surface area contributed by atoms with Crippen molar-refractivity contribution in [1.29, 1.82) is 0 Å². The summed E-state index contributed by atoms with van der Waals surface area (Å²) >= 11 is 0. The van der Waals surface area contributed by atoms with E-state index >= 15 is 0 Å². The Labute approximate surface area is 93.5 Å². The number of Topliss-reactive ketones (excluding diaryl/α,β-unsaturated/α-hetero) is 1. The first-order valence-electron chi connectivity index (χ1n) is 4.62. The van der Waals surface area contributed by atoms with E-state index in [4.69, 9.17) is 4.74 Å². The van der Waals surface area contributed by atoms with Crippen LogP contribution in [0.1, 0.15) is 12.5 Å². The van der Waals surface area contributed by atoms with Gasteiger partial charge in [0.15, 0.2) is 5.78 Å². The molecule has 84 valence electrons. The molecular weight excluding hydrogens is 228 g/mol. The quantitative estimate of drug-likeness (QED) is 0.781. The lowest BCUT2D eigenvalue weighted by Crippen LogP contribution is -1.98. The van der Waals surface area contributed by atoms with Gasteiger partial charge < -0.3 is 4.74 Å². The molecule has 0 spiro atoms. The monoisotopic (exact) mass is 238 g/mol. The molecule has 1 aliphatic rings. The highest BCUT2D eigenvalue weighted by Gasteiger charge is 2.31. The Morgan fingerprint density at radius 1 is 1.31 bits per heavy atom. The summed E-state index contributed by atoms with van der Waals surface area (Å²) in [6, 6.07) is 4.70. The van der Waals surface area contributed by atoms with Gasteiger partial charge in [-0.3, -0.25) is 4.79 Å². The fourth-order valence-corrected chi connectivity index (χ4v) is 3.20. The Hall–Kier alpha value is -1.62. The summed E-state index contributed by atoms with van der Waals surface area (Å²) < 4.78 is 28.6. The lowest BCUT2D eigenvalue weighted by molar-refractivity contribution is -0.111. The van der Waals surface area contributed by atoms with Gasteiger partial charge in [0.25, 0.3) is 0 Å². The number of methoxy groups -OCH3 is 1. The van der Waals surface area contributed by atoms with Gasteiger partial charge in [0.05, 0.1) is 12.0 Å². The van der Waals surface area contributed by atoms with E-state index in [2.05, 4.69) is 0 Å². The van der Waals surface area contributed by atoms with E-state index in [9.17, 15) is 13.2 Å². The Balaban J connectivity index is 2.83. The van der Waals surface area contributed by atoms with Gasteiger partial charge in [0.2, 0.25) is 9.84 Å². The molecule has 0 aliphatic carbocycles. The molecule has 0 atom stereocenters. The number of allylic oxidation sites excluding steroid dienone is 1. The molecule has 1 heterocycles. The van der Waals surface area contributed by atoms with Crippen LogP contribution in [-0.4, -0.2) is 21.3 Å². The molecule has 2 rings (SSSR count). The van der Waals surface area contributed by atoms with Gasteiger partial charge in [-0.2, -0.15) is 0 Å². The van der Waals surface area contributed by atoms with Crippen LogP contribution in [0.4, 0.5) is 0 Å². The maximum atomic E-state index is 11.8. The lowest BCUT2D eigenvalue weighted by Gasteiger charge is -2.07. The first-order valence-corrected chi connectivity index (χ1v) is 6.17. The molecule has 4 nitrogen and oxygen atoms in total. The molecule has 0 fully saturated rings. The Morgan fingerprint density at radius 3 is 2.56 bits per heavy atom. The van der Waals surface area contributed by atoms with Crippen molar-refractivity contribution in [2.75, 3.05) is 7.11 Å². The van der Waals surface area contributed by atoms with Crippen molar-refractivity contribution in [3.63, 3.8) is 0 Å². The summed E-state index contributed by atoms with van der Waals surface area (Å²) in [4.78, 5) is 11.5. The zero-order valence-corrected chi connectivity index (χ0v) is 9.67. The fraction of sp³-hybridized carbons (Fsp3) is 0.182. The number of rotatable bonds is 2. The standard InChI is InChI=1S/C11H10O4S/c1-7(12)8-6-16(13,14)10-5-3-4-9(15-2)11(8)10/h3-6H,1-2H3. The molecule has 0 radical (unpaired) electrons. The second-order valence-electron chi connectivity index (χ2n) is 3.47. The first kappa shape index (κ1) is 10.9. The fourth-order valence-electron chi connectivity index (χ4n) is 1.72. The minimum atomic E-state index is -3.50. The molecule has 5 heteroatoms. The van der Waals surface area contributed by atoms with Crippen LogP contribution in [0.3, 0.4) is 0 Å². The topological polar surface area (TPSA) is 60.4 Å². The smallest absolute Gasteiger partial charge is 0.201 e. The zero-order chi connectivity index (χ0) is 11.9. The van der Waals surface area contributed by atoms with Gasteiger partial charge in [-0.25, -0.2) is 8.42 Å². The molecule has 1 aromatic carbocycles. The van der Waals surface area contributed by atoms with Crippen molar-refractivity contribution in [2.45, 2.75) is 11.8 Å². The molecule has 0 aromatic heterocycles. The van der Waals surface area contributed by atoms with Crippen LogP contribution in [-0.2, 0) is 14.6 Å². The van der Waals surface area contributed by atoms with E-state index in [0.29, 0.717) is 11.3 Å². The van der Waals surface area contributed by atoms with E-state index < -0.39 is 9.84 Å². The third-order valence-electron chi connectivity index (χ3n) is 2.44. The van der Waals surface area contributed by atoms with Gasteiger partial charge in [-0.05, 0) is 19.1 Å². The molecule has 0 amide bonds. The van der Waals surface area contributed by atoms with Crippen molar-refractivity contribution in [3.8, 4) is 5.75 Å². The maximum Gasteiger partial charge on any atom is 0.201 e. The number of benzene rings is 1. The van der Waals surface area contributed by atoms with Crippen molar-refractivity contribution in [3.05, 3.63) is 29.2 Å².